The highest BCUT2D eigenvalue weighted by Crippen LogP contribution is 2.28. The molecule has 0 atom stereocenters. The van der Waals surface area contributed by atoms with Gasteiger partial charge < -0.3 is 4.57 Å². The molecule has 21 heavy (non-hydrogen) atoms. The number of nitrogens with zero attached hydrogens (tertiary/aromatic N) is 1. The van der Waals surface area contributed by atoms with Crippen LogP contribution < -0.4 is 0 Å². The second-order valence-electron chi connectivity index (χ2n) is 4.70. The van der Waals surface area contributed by atoms with Gasteiger partial charge in [0.1, 0.15) is 5.82 Å². The molecule has 0 radical (unpaired) electrons. The average molecular weight is 322 g/mol. The van der Waals surface area contributed by atoms with Crippen LogP contribution in [0.1, 0.15) is 10.4 Å². The number of hydrogen-bond donors (Lipinski definition) is 0. The van der Waals surface area contributed by atoms with Crippen molar-refractivity contribution >= 4 is 39.9 Å². The summed E-state index contributed by atoms with van der Waals surface area (Å²) < 4.78 is 14.9. The van der Waals surface area contributed by atoms with E-state index in [1.807, 2.05) is 6.07 Å². The fraction of sp³-hybridized carbons (Fsp3) is 0.0625. The fourth-order valence-corrected chi connectivity index (χ4v) is 2.81. The third-order valence-electron chi connectivity index (χ3n) is 3.26. The smallest absolute Gasteiger partial charge is 0.182 e. The van der Waals surface area contributed by atoms with Gasteiger partial charge >= 0.3 is 0 Å². The molecule has 0 aliphatic heterocycles. The van der Waals surface area contributed by atoms with Gasteiger partial charge in [0.05, 0.1) is 17.1 Å². The van der Waals surface area contributed by atoms with E-state index in [0.29, 0.717) is 15.6 Å². The molecule has 2 nitrogen and oxygen atoms in total. The van der Waals surface area contributed by atoms with Crippen molar-refractivity contribution in [3.05, 3.63) is 70.1 Å². The summed E-state index contributed by atoms with van der Waals surface area (Å²) in [6.45, 7) is 0.101. The number of ketones is 1. The molecule has 0 unspecified atom stereocenters. The van der Waals surface area contributed by atoms with Crippen LogP contribution in [0.15, 0.2) is 48.7 Å². The summed E-state index contributed by atoms with van der Waals surface area (Å²) in [4.78, 5) is 12.2. The van der Waals surface area contributed by atoms with Crippen molar-refractivity contribution in [1.82, 2.24) is 4.57 Å². The van der Waals surface area contributed by atoms with Crippen LogP contribution in [-0.4, -0.2) is 10.4 Å². The summed E-state index contributed by atoms with van der Waals surface area (Å²) in [7, 11) is 0. The molecular formula is C16H10Cl2FNO. The molecule has 0 bridgehead atoms. The van der Waals surface area contributed by atoms with Crippen LogP contribution in [0.2, 0.25) is 10.0 Å². The van der Waals surface area contributed by atoms with Crippen molar-refractivity contribution in [2.24, 2.45) is 0 Å². The lowest BCUT2D eigenvalue weighted by Crippen LogP contribution is -2.09. The number of carbonyl (C=O) groups is 1. The number of hydrogen-bond acceptors (Lipinski definition) is 1. The van der Waals surface area contributed by atoms with Gasteiger partial charge in [-0.25, -0.2) is 4.39 Å². The van der Waals surface area contributed by atoms with Crippen molar-refractivity contribution in [2.45, 2.75) is 6.54 Å². The first-order valence-electron chi connectivity index (χ1n) is 6.27. The highest BCUT2D eigenvalue weighted by atomic mass is 35.5. The maximum Gasteiger partial charge on any atom is 0.182 e. The van der Waals surface area contributed by atoms with Crippen LogP contribution in [0.5, 0.6) is 0 Å². The van der Waals surface area contributed by atoms with Crippen LogP contribution in [0.25, 0.3) is 10.9 Å². The average Bonchev–Trinajstić information content (AvgIpc) is 2.82. The number of benzene rings is 2. The number of carbonyl (C=O) groups excluding carboxylic acids is 1. The highest BCUT2D eigenvalue weighted by molar-refractivity contribution is 6.38. The highest BCUT2D eigenvalue weighted by Gasteiger charge is 2.11. The molecule has 0 N–H and O–H groups in total. The van der Waals surface area contributed by atoms with E-state index in [1.54, 1.807) is 29.0 Å². The zero-order chi connectivity index (χ0) is 15.0. The molecule has 3 aromatic rings. The predicted octanol–water partition coefficient (Wildman–Crippen LogP) is 4.97. The van der Waals surface area contributed by atoms with Gasteiger partial charge in [-0.3, -0.25) is 4.79 Å². The maximum atomic E-state index is 13.2. The first kappa shape index (κ1) is 14.1. The molecule has 0 saturated heterocycles. The van der Waals surface area contributed by atoms with Gasteiger partial charge in [0.25, 0.3) is 0 Å². The fourth-order valence-electron chi connectivity index (χ4n) is 2.26. The SMILES string of the molecule is O=C(Cn1ccc2c(Cl)cc(Cl)cc21)c1cccc(F)c1. The van der Waals surface area contributed by atoms with Crippen LogP contribution in [0.4, 0.5) is 4.39 Å². The maximum absolute atomic E-state index is 13.2. The lowest BCUT2D eigenvalue weighted by atomic mass is 10.1. The van der Waals surface area contributed by atoms with Crippen LogP contribution in [-0.2, 0) is 6.54 Å². The Balaban J connectivity index is 1.97. The van der Waals surface area contributed by atoms with Crippen molar-refractivity contribution in [3.63, 3.8) is 0 Å². The quantitative estimate of drug-likeness (QED) is 0.624. The minimum atomic E-state index is -0.427. The summed E-state index contributed by atoms with van der Waals surface area (Å²) >= 11 is 12.1. The third kappa shape index (κ3) is 2.80. The van der Waals surface area contributed by atoms with E-state index in [9.17, 15) is 9.18 Å². The van der Waals surface area contributed by atoms with E-state index < -0.39 is 5.82 Å². The largest absolute Gasteiger partial charge is 0.340 e. The molecule has 1 heterocycles. The summed E-state index contributed by atoms with van der Waals surface area (Å²) in [5, 5.41) is 1.87. The van der Waals surface area contributed by atoms with E-state index >= 15 is 0 Å². The first-order valence-corrected chi connectivity index (χ1v) is 7.03. The Morgan fingerprint density at radius 1 is 1.14 bits per heavy atom. The Kier molecular flexibility index (Phi) is 3.70. The van der Waals surface area contributed by atoms with Gasteiger partial charge in [-0.05, 0) is 30.3 Å². The van der Waals surface area contributed by atoms with Crippen molar-refractivity contribution in [3.8, 4) is 0 Å². The Hall–Kier alpha value is -1.84. The molecule has 0 spiro atoms. The monoisotopic (exact) mass is 321 g/mol. The Bertz CT molecular complexity index is 841. The number of fused-ring (bicyclic) bond motifs is 1. The Morgan fingerprint density at radius 2 is 1.95 bits per heavy atom. The van der Waals surface area contributed by atoms with Gasteiger partial charge in [0.15, 0.2) is 5.78 Å². The number of Topliss-reactive ketones (excluding diaryl/α,β-unsaturated/α-hetero) is 1. The molecular weight excluding hydrogens is 312 g/mol. The van der Waals surface area contributed by atoms with Crippen LogP contribution in [0.3, 0.4) is 0 Å². The van der Waals surface area contributed by atoms with Gasteiger partial charge in [-0.2, -0.15) is 0 Å². The molecule has 5 heteroatoms. The lowest BCUT2D eigenvalue weighted by molar-refractivity contribution is 0.0973. The van der Waals surface area contributed by atoms with Crippen molar-refractivity contribution in [1.29, 1.82) is 0 Å². The van der Waals surface area contributed by atoms with Gasteiger partial charge in [0.2, 0.25) is 0 Å². The van der Waals surface area contributed by atoms with Gasteiger partial charge in [-0.15, -0.1) is 0 Å². The van der Waals surface area contributed by atoms with E-state index in [4.69, 9.17) is 23.2 Å². The zero-order valence-electron chi connectivity index (χ0n) is 10.8. The minimum Gasteiger partial charge on any atom is -0.340 e. The molecule has 0 aliphatic rings. The molecule has 0 saturated carbocycles. The number of aromatic nitrogens is 1. The summed E-state index contributed by atoms with van der Waals surface area (Å²) in [5.41, 5.74) is 1.11. The van der Waals surface area contributed by atoms with E-state index in [1.165, 1.54) is 18.2 Å². The molecule has 0 aliphatic carbocycles. The molecule has 1 aromatic heterocycles. The molecule has 0 fully saturated rings. The second-order valence-corrected chi connectivity index (χ2v) is 5.54. The second kappa shape index (κ2) is 5.51. The van der Waals surface area contributed by atoms with Crippen molar-refractivity contribution < 1.29 is 9.18 Å². The molecule has 0 amide bonds. The standard InChI is InChI=1S/C16H10Cl2FNO/c17-11-7-14(18)13-4-5-20(15(13)8-11)9-16(21)10-2-1-3-12(19)6-10/h1-8H,9H2. The predicted molar refractivity (Wildman–Crippen MR) is 82.7 cm³/mol. The summed E-state index contributed by atoms with van der Waals surface area (Å²) in [6.07, 6.45) is 1.77. The lowest BCUT2D eigenvalue weighted by Gasteiger charge is -2.06. The van der Waals surface area contributed by atoms with E-state index in [-0.39, 0.29) is 12.3 Å². The van der Waals surface area contributed by atoms with Crippen LogP contribution in [0, 0.1) is 5.82 Å². The normalized spacial score (nSPS) is 11.0. The number of rotatable bonds is 3. The Morgan fingerprint density at radius 3 is 2.71 bits per heavy atom. The molecule has 2 aromatic carbocycles. The molecule has 3 rings (SSSR count). The van der Waals surface area contributed by atoms with E-state index in [0.717, 1.165) is 10.9 Å². The number of halogens is 3. The first-order chi connectivity index (χ1) is 10.0. The van der Waals surface area contributed by atoms with Gasteiger partial charge in [-0.1, -0.05) is 35.3 Å². The molecule has 106 valence electrons. The topological polar surface area (TPSA) is 22.0 Å². The van der Waals surface area contributed by atoms with Crippen molar-refractivity contribution in [2.75, 3.05) is 0 Å². The third-order valence-corrected chi connectivity index (χ3v) is 3.79. The minimum absolute atomic E-state index is 0.101. The van der Waals surface area contributed by atoms with Crippen LogP contribution >= 0.6 is 23.2 Å². The van der Waals surface area contributed by atoms with Gasteiger partial charge in [0, 0.05) is 22.2 Å². The zero-order valence-corrected chi connectivity index (χ0v) is 12.3. The Labute approximate surface area is 130 Å². The summed E-state index contributed by atoms with van der Waals surface area (Å²) in [6, 6.07) is 10.9. The summed E-state index contributed by atoms with van der Waals surface area (Å²) in [5.74, 6) is -0.604. The van der Waals surface area contributed by atoms with E-state index in [2.05, 4.69) is 0 Å².